The van der Waals surface area contributed by atoms with Crippen LogP contribution in [0, 0.1) is 0 Å². The van der Waals surface area contributed by atoms with Crippen molar-refractivity contribution in [2.75, 3.05) is 6.61 Å². The summed E-state index contributed by atoms with van der Waals surface area (Å²) in [5.41, 5.74) is 1.18. The van der Waals surface area contributed by atoms with E-state index in [4.69, 9.17) is 5.11 Å². The van der Waals surface area contributed by atoms with Crippen LogP contribution in [0.2, 0.25) is 0 Å². The highest BCUT2D eigenvalue weighted by molar-refractivity contribution is 7.09. The van der Waals surface area contributed by atoms with Crippen molar-refractivity contribution in [2.45, 2.75) is 25.1 Å². The number of aromatic nitrogens is 1. The number of benzene rings is 1. The van der Waals surface area contributed by atoms with Gasteiger partial charge in [0, 0.05) is 18.1 Å². The van der Waals surface area contributed by atoms with E-state index in [1.165, 1.54) is 5.56 Å². The Balaban J connectivity index is 1.98. The van der Waals surface area contributed by atoms with E-state index in [-0.39, 0.29) is 12.6 Å². The van der Waals surface area contributed by atoms with Crippen LogP contribution in [0.5, 0.6) is 0 Å². The molecule has 0 fully saturated rings. The van der Waals surface area contributed by atoms with Gasteiger partial charge in [-0.1, -0.05) is 30.3 Å². The average molecular weight is 278 g/mol. The zero-order valence-electron chi connectivity index (χ0n) is 10.6. The maximum atomic E-state index is 9.61. The lowest BCUT2D eigenvalue weighted by Gasteiger charge is -2.19. The number of thiazole rings is 1. The summed E-state index contributed by atoms with van der Waals surface area (Å²) < 4.78 is 0. The van der Waals surface area contributed by atoms with Gasteiger partial charge in [-0.3, -0.25) is 0 Å². The third-order valence-corrected chi connectivity index (χ3v) is 3.75. The van der Waals surface area contributed by atoms with Gasteiger partial charge in [0.1, 0.15) is 5.01 Å². The van der Waals surface area contributed by atoms with Crippen LogP contribution in [0.25, 0.3) is 0 Å². The van der Waals surface area contributed by atoms with Crippen LogP contribution in [0.15, 0.2) is 41.9 Å². The third kappa shape index (κ3) is 4.40. The largest absolute Gasteiger partial charge is 0.394 e. The molecule has 0 aliphatic heterocycles. The molecular weight excluding hydrogens is 260 g/mol. The Kier molecular flexibility index (Phi) is 5.47. The molecule has 102 valence electrons. The summed E-state index contributed by atoms with van der Waals surface area (Å²) >= 11 is 1.55. The number of nitrogens with one attached hydrogen (secondary N) is 1. The first-order valence-electron chi connectivity index (χ1n) is 6.25. The molecule has 3 N–H and O–H groups in total. The number of nitrogens with zero attached hydrogens (tertiary/aromatic N) is 1. The molecule has 0 spiro atoms. The Morgan fingerprint density at radius 2 is 2.05 bits per heavy atom. The van der Waals surface area contributed by atoms with Gasteiger partial charge in [0.25, 0.3) is 0 Å². The van der Waals surface area contributed by atoms with Crippen LogP contribution in [0.4, 0.5) is 0 Å². The van der Waals surface area contributed by atoms with E-state index in [1.807, 2.05) is 35.7 Å². The molecule has 2 aromatic rings. The van der Waals surface area contributed by atoms with Crippen molar-refractivity contribution in [1.29, 1.82) is 0 Å². The summed E-state index contributed by atoms with van der Waals surface area (Å²) in [7, 11) is 0. The van der Waals surface area contributed by atoms with Crippen LogP contribution < -0.4 is 5.32 Å². The van der Waals surface area contributed by atoms with E-state index in [9.17, 15) is 5.11 Å². The van der Waals surface area contributed by atoms with Crippen LogP contribution >= 0.6 is 11.3 Å². The molecule has 1 aromatic heterocycles. The van der Waals surface area contributed by atoms with E-state index in [1.54, 1.807) is 17.5 Å². The first-order chi connectivity index (χ1) is 9.29. The summed E-state index contributed by atoms with van der Waals surface area (Å²) in [6, 6.07) is 10.0. The van der Waals surface area contributed by atoms with E-state index in [0.717, 1.165) is 5.01 Å². The molecule has 0 aliphatic carbocycles. The number of hydrogen-bond donors (Lipinski definition) is 3. The van der Waals surface area contributed by atoms with Crippen molar-refractivity contribution in [3.63, 3.8) is 0 Å². The molecule has 4 nitrogen and oxygen atoms in total. The second kappa shape index (κ2) is 7.35. The molecule has 2 atom stereocenters. The highest BCUT2D eigenvalue weighted by Gasteiger charge is 2.17. The smallest absolute Gasteiger partial charge is 0.110 e. The summed E-state index contributed by atoms with van der Waals surface area (Å²) in [6.07, 6.45) is 1.48. The van der Waals surface area contributed by atoms with Gasteiger partial charge in [0.05, 0.1) is 18.8 Å². The minimum Gasteiger partial charge on any atom is -0.394 e. The second-order valence-corrected chi connectivity index (χ2v) is 5.29. The van der Waals surface area contributed by atoms with Gasteiger partial charge in [-0.05, 0) is 12.0 Å². The fourth-order valence-electron chi connectivity index (χ4n) is 1.86. The molecule has 19 heavy (non-hydrogen) atoms. The zero-order chi connectivity index (χ0) is 13.5. The summed E-state index contributed by atoms with van der Waals surface area (Å²) in [6.45, 7) is 0.484. The van der Waals surface area contributed by atoms with E-state index >= 15 is 0 Å². The minimum atomic E-state index is -0.725. The predicted octanol–water partition coefficient (Wildman–Crippen LogP) is 1.72. The molecule has 0 aliphatic rings. The summed E-state index contributed by atoms with van der Waals surface area (Å²) in [4.78, 5) is 4.28. The van der Waals surface area contributed by atoms with Crippen molar-refractivity contribution in [3.8, 4) is 0 Å². The Morgan fingerprint density at radius 1 is 1.26 bits per heavy atom. The van der Waals surface area contributed by atoms with Crippen LogP contribution in [0.3, 0.4) is 0 Å². The molecule has 2 rings (SSSR count). The van der Waals surface area contributed by atoms with E-state index in [2.05, 4.69) is 10.3 Å². The lowest BCUT2D eigenvalue weighted by molar-refractivity contribution is 0.0787. The highest BCUT2D eigenvalue weighted by atomic mass is 32.1. The van der Waals surface area contributed by atoms with Gasteiger partial charge in [-0.25, -0.2) is 4.98 Å². The zero-order valence-corrected chi connectivity index (χ0v) is 11.4. The van der Waals surface area contributed by atoms with Gasteiger partial charge >= 0.3 is 0 Å². The SMILES string of the molecule is OC[C@@H](O)C[C@H](NCc1ccccc1)c1nccs1. The molecule has 5 heteroatoms. The Hall–Kier alpha value is -1.27. The molecule has 1 heterocycles. The van der Waals surface area contributed by atoms with Gasteiger partial charge < -0.3 is 15.5 Å². The average Bonchev–Trinajstić information content (AvgIpc) is 2.98. The van der Waals surface area contributed by atoms with Gasteiger partial charge in [0.2, 0.25) is 0 Å². The molecule has 0 unspecified atom stereocenters. The molecule has 1 aromatic carbocycles. The van der Waals surface area contributed by atoms with Crippen molar-refractivity contribution >= 4 is 11.3 Å². The lowest BCUT2D eigenvalue weighted by atomic mass is 10.1. The summed E-state index contributed by atoms with van der Waals surface area (Å²) in [5.74, 6) is 0. The summed E-state index contributed by atoms with van der Waals surface area (Å²) in [5, 5.41) is 24.8. The number of rotatable bonds is 7. The monoisotopic (exact) mass is 278 g/mol. The first-order valence-corrected chi connectivity index (χ1v) is 7.13. The Bertz CT molecular complexity index is 462. The quantitative estimate of drug-likeness (QED) is 0.721. The van der Waals surface area contributed by atoms with Crippen LogP contribution in [0.1, 0.15) is 23.0 Å². The topological polar surface area (TPSA) is 65.4 Å². The molecule has 0 saturated heterocycles. The maximum Gasteiger partial charge on any atom is 0.110 e. The Morgan fingerprint density at radius 3 is 2.68 bits per heavy atom. The highest BCUT2D eigenvalue weighted by Crippen LogP contribution is 2.21. The minimum absolute atomic E-state index is 0.0395. The number of aliphatic hydroxyl groups excluding tert-OH is 2. The van der Waals surface area contributed by atoms with Crippen molar-refractivity contribution < 1.29 is 10.2 Å². The Labute approximate surface area is 116 Å². The molecule has 0 amide bonds. The van der Waals surface area contributed by atoms with Gasteiger partial charge in [0.15, 0.2) is 0 Å². The maximum absolute atomic E-state index is 9.61. The standard InChI is InChI=1S/C14H18N2O2S/c17-10-12(18)8-13(14-15-6-7-19-14)16-9-11-4-2-1-3-5-11/h1-7,12-13,16-18H,8-10H2/t12-,13-/m0/s1. The van der Waals surface area contributed by atoms with Gasteiger partial charge in [-0.15, -0.1) is 11.3 Å². The van der Waals surface area contributed by atoms with Crippen LogP contribution in [-0.4, -0.2) is 27.9 Å². The van der Waals surface area contributed by atoms with Crippen molar-refractivity contribution in [1.82, 2.24) is 10.3 Å². The number of aliphatic hydroxyl groups is 2. The molecular formula is C14H18N2O2S. The third-order valence-electron chi connectivity index (χ3n) is 2.86. The fraction of sp³-hybridized carbons (Fsp3) is 0.357. The van der Waals surface area contributed by atoms with Crippen LogP contribution in [-0.2, 0) is 6.54 Å². The van der Waals surface area contributed by atoms with E-state index < -0.39 is 6.10 Å². The van der Waals surface area contributed by atoms with Gasteiger partial charge in [-0.2, -0.15) is 0 Å². The first kappa shape index (κ1) is 14.1. The van der Waals surface area contributed by atoms with Crippen molar-refractivity contribution in [2.24, 2.45) is 0 Å². The molecule has 0 bridgehead atoms. The second-order valence-electron chi connectivity index (χ2n) is 4.36. The normalized spacial score (nSPS) is 14.2. The predicted molar refractivity (Wildman–Crippen MR) is 75.8 cm³/mol. The fourth-order valence-corrected chi connectivity index (χ4v) is 2.59. The van der Waals surface area contributed by atoms with E-state index in [0.29, 0.717) is 13.0 Å². The number of hydrogen-bond acceptors (Lipinski definition) is 5. The lowest BCUT2D eigenvalue weighted by Crippen LogP contribution is -2.26. The molecule has 0 radical (unpaired) electrons. The van der Waals surface area contributed by atoms with Crippen molar-refractivity contribution in [3.05, 3.63) is 52.5 Å². The molecule has 0 saturated carbocycles.